The van der Waals surface area contributed by atoms with Crippen LogP contribution in [0.4, 0.5) is 8.78 Å². The average molecular weight is 290 g/mol. The predicted molar refractivity (Wildman–Crippen MR) is 77.9 cm³/mol. The number of esters is 1. The van der Waals surface area contributed by atoms with E-state index in [1.807, 2.05) is 0 Å². The van der Waals surface area contributed by atoms with Crippen molar-refractivity contribution >= 4 is 5.97 Å². The van der Waals surface area contributed by atoms with Gasteiger partial charge in [0.05, 0.1) is 6.61 Å². The lowest BCUT2D eigenvalue weighted by atomic mass is 10.1. The van der Waals surface area contributed by atoms with Crippen LogP contribution in [0, 0.1) is 0 Å². The summed E-state index contributed by atoms with van der Waals surface area (Å²) in [6.45, 7) is 2.26. The summed E-state index contributed by atoms with van der Waals surface area (Å²) < 4.78 is 28.0. The fourth-order valence-corrected chi connectivity index (χ4v) is 1.95. The number of allylic oxidation sites excluding steroid dienone is 2. The summed E-state index contributed by atoms with van der Waals surface area (Å²) >= 11 is 0. The van der Waals surface area contributed by atoms with Gasteiger partial charge in [0.2, 0.25) is 0 Å². The van der Waals surface area contributed by atoms with Gasteiger partial charge in [-0.2, -0.15) is 8.78 Å². The molecule has 0 spiro atoms. The molecule has 0 saturated carbocycles. The van der Waals surface area contributed by atoms with Gasteiger partial charge < -0.3 is 4.74 Å². The number of rotatable bonds is 13. The van der Waals surface area contributed by atoms with E-state index in [0.717, 1.165) is 19.3 Å². The molecule has 0 radical (unpaired) electrons. The van der Waals surface area contributed by atoms with Crippen LogP contribution in [0.3, 0.4) is 0 Å². The van der Waals surface area contributed by atoms with Gasteiger partial charge in [0, 0.05) is 0 Å². The summed E-state index contributed by atoms with van der Waals surface area (Å²) in [7, 11) is 0. The number of hydrogen-bond acceptors (Lipinski definition) is 2. The first-order valence-corrected chi connectivity index (χ1v) is 7.78. The molecule has 0 saturated heterocycles. The highest BCUT2D eigenvalue weighted by molar-refractivity contribution is 5.72. The molecule has 0 unspecified atom stereocenters. The number of ether oxygens (including phenoxy) is 1. The quantitative estimate of drug-likeness (QED) is 0.262. The maximum absolute atomic E-state index is 11.8. The van der Waals surface area contributed by atoms with Crippen LogP contribution in [0.5, 0.6) is 0 Å². The Kier molecular flexibility index (Phi) is 13.8. The van der Waals surface area contributed by atoms with Crippen LogP contribution in [-0.4, -0.2) is 19.0 Å². The monoisotopic (exact) mass is 290 g/mol. The third-order valence-corrected chi connectivity index (χ3v) is 3.09. The molecule has 0 aromatic rings. The zero-order valence-corrected chi connectivity index (χ0v) is 12.6. The maximum Gasteiger partial charge on any atom is 0.373 e. The summed E-state index contributed by atoms with van der Waals surface area (Å²) in [6, 6.07) is 0. The van der Waals surface area contributed by atoms with Gasteiger partial charge in [0.1, 0.15) is 0 Å². The molecule has 20 heavy (non-hydrogen) atoms. The predicted octanol–water partition coefficient (Wildman–Crippen LogP) is 5.27. The van der Waals surface area contributed by atoms with E-state index in [2.05, 4.69) is 23.8 Å². The first-order chi connectivity index (χ1) is 9.68. The van der Waals surface area contributed by atoms with Crippen LogP contribution in [-0.2, 0) is 9.53 Å². The van der Waals surface area contributed by atoms with Crippen molar-refractivity contribution in [2.75, 3.05) is 6.61 Å². The summed E-state index contributed by atoms with van der Waals surface area (Å²) in [6.07, 6.45) is 12.7. The molecule has 0 aromatic carbocycles. The molecule has 0 rings (SSSR count). The van der Waals surface area contributed by atoms with Gasteiger partial charge in [-0.25, -0.2) is 4.79 Å². The standard InChI is InChI=1S/C16H28F2O2/c1-2-3-4-5-6-7-8-9-10-11-12-13-14-20-16(19)15(17)18/h3-4,15H,2,5-14H2,1H3/b4-3+. The van der Waals surface area contributed by atoms with Crippen LogP contribution in [0.25, 0.3) is 0 Å². The first-order valence-electron chi connectivity index (χ1n) is 7.78. The second kappa shape index (κ2) is 14.5. The van der Waals surface area contributed by atoms with E-state index >= 15 is 0 Å². The average Bonchev–Trinajstić information content (AvgIpc) is 2.43. The van der Waals surface area contributed by atoms with E-state index in [0.29, 0.717) is 6.42 Å². The van der Waals surface area contributed by atoms with Crippen molar-refractivity contribution < 1.29 is 18.3 Å². The molecule has 0 aliphatic heterocycles. The molecule has 0 aliphatic rings. The molecule has 0 aliphatic carbocycles. The van der Waals surface area contributed by atoms with E-state index in [4.69, 9.17) is 0 Å². The van der Waals surface area contributed by atoms with Crippen molar-refractivity contribution in [3.05, 3.63) is 12.2 Å². The Labute approximate surface area is 121 Å². The van der Waals surface area contributed by atoms with Gasteiger partial charge in [-0.15, -0.1) is 0 Å². The molecule has 4 heteroatoms. The number of hydrogen-bond donors (Lipinski definition) is 0. The molecule has 118 valence electrons. The molecule has 0 heterocycles. The van der Waals surface area contributed by atoms with Crippen LogP contribution in [0.1, 0.15) is 71.1 Å². The fraction of sp³-hybridized carbons (Fsp3) is 0.812. The molecule has 2 nitrogen and oxygen atoms in total. The maximum atomic E-state index is 11.8. The van der Waals surface area contributed by atoms with Crippen molar-refractivity contribution in [3.8, 4) is 0 Å². The Morgan fingerprint density at radius 2 is 1.50 bits per heavy atom. The molecule has 0 amide bonds. The largest absolute Gasteiger partial charge is 0.461 e. The van der Waals surface area contributed by atoms with Crippen molar-refractivity contribution in [2.45, 2.75) is 77.6 Å². The third kappa shape index (κ3) is 13.5. The molecular formula is C16H28F2O2. The molecule has 0 aromatic heterocycles. The van der Waals surface area contributed by atoms with Gasteiger partial charge in [-0.05, 0) is 25.7 Å². The van der Waals surface area contributed by atoms with Crippen molar-refractivity contribution in [1.82, 2.24) is 0 Å². The van der Waals surface area contributed by atoms with Crippen molar-refractivity contribution in [3.63, 3.8) is 0 Å². The smallest absolute Gasteiger partial charge is 0.373 e. The van der Waals surface area contributed by atoms with E-state index in [-0.39, 0.29) is 6.61 Å². The second-order valence-electron chi connectivity index (χ2n) is 4.96. The lowest BCUT2D eigenvalue weighted by Crippen LogP contribution is -2.14. The van der Waals surface area contributed by atoms with Gasteiger partial charge in [-0.3, -0.25) is 0 Å². The number of carbonyl (C=O) groups excluding carboxylic acids is 1. The first kappa shape index (κ1) is 19.1. The van der Waals surface area contributed by atoms with Crippen LogP contribution < -0.4 is 0 Å². The Balaban J connectivity index is 3.10. The van der Waals surface area contributed by atoms with Crippen molar-refractivity contribution in [2.24, 2.45) is 0 Å². The number of alkyl halides is 2. The highest BCUT2D eigenvalue weighted by Crippen LogP contribution is 2.10. The highest BCUT2D eigenvalue weighted by Gasteiger charge is 2.15. The zero-order chi connectivity index (χ0) is 15.1. The SMILES string of the molecule is CC/C=C/CCCCCCCCCCOC(=O)C(F)F. The van der Waals surface area contributed by atoms with Crippen LogP contribution >= 0.6 is 0 Å². The third-order valence-electron chi connectivity index (χ3n) is 3.09. The summed E-state index contributed by atoms with van der Waals surface area (Å²) in [4.78, 5) is 10.5. The normalized spacial score (nSPS) is 11.4. The topological polar surface area (TPSA) is 26.3 Å². The second-order valence-corrected chi connectivity index (χ2v) is 4.96. The Hall–Kier alpha value is -0.930. The summed E-state index contributed by atoms with van der Waals surface area (Å²) in [5.41, 5.74) is 0. The molecular weight excluding hydrogens is 262 g/mol. The molecule has 0 bridgehead atoms. The van der Waals surface area contributed by atoms with Gasteiger partial charge in [0.25, 0.3) is 0 Å². The van der Waals surface area contributed by atoms with E-state index in [9.17, 15) is 13.6 Å². The van der Waals surface area contributed by atoms with Gasteiger partial charge in [0.15, 0.2) is 0 Å². The number of carbonyl (C=O) groups is 1. The fourth-order valence-electron chi connectivity index (χ4n) is 1.95. The zero-order valence-electron chi connectivity index (χ0n) is 12.6. The number of halogens is 2. The minimum atomic E-state index is -3.00. The summed E-state index contributed by atoms with van der Waals surface area (Å²) in [5.74, 6) is -1.40. The van der Waals surface area contributed by atoms with Gasteiger partial charge in [-0.1, -0.05) is 57.6 Å². The number of unbranched alkanes of at least 4 members (excludes halogenated alkanes) is 8. The Bertz CT molecular complexity index is 253. The minimum absolute atomic E-state index is 0.118. The van der Waals surface area contributed by atoms with Crippen LogP contribution in [0.2, 0.25) is 0 Å². The van der Waals surface area contributed by atoms with Gasteiger partial charge >= 0.3 is 12.4 Å². The molecule has 0 atom stereocenters. The molecule has 0 N–H and O–H groups in total. The highest BCUT2D eigenvalue weighted by atomic mass is 19.3. The van der Waals surface area contributed by atoms with Crippen molar-refractivity contribution in [1.29, 1.82) is 0 Å². The van der Waals surface area contributed by atoms with E-state index < -0.39 is 12.4 Å². The minimum Gasteiger partial charge on any atom is -0.461 e. The molecule has 0 fully saturated rings. The van der Waals surface area contributed by atoms with E-state index in [1.54, 1.807) is 0 Å². The lowest BCUT2D eigenvalue weighted by molar-refractivity contribution is -0.156. The summed E-state index contributed by atoms with van der Waals surface area (Å²) in [5, 5.41) is 0. The lowest BCUT2D eigenvalue weighted by Gasteiger charge is -2.04. The van der Waals surface area contributed by atoms with Crippen LogP contribution in [0.15, 0.2) is 12.2 Å². The van der Waals surface area contributed by atoms with E-state index in [1.165, 1.54) is 38.5 Å². The Morgan fingerprint density at radius 1 is 0.950 bits per heavy atom. The Morgan fingerprint density at radius 3 is 2.05 bits per heavy atom.